The first-order valence-electron chi connectivity index (χ1n) is 13.5. The first-order chi connectivity index (χ1) is 20.3. The van der Waals surface area contributed by atoms with Gasteiger partial charge in [0.15, 0.2) is 0 Å². The van der Waals surface area contributed by atoms with Crippen molar-refractivity contribution < 1.29 is 40.7 Å². The van der Waals surface area contributed by atoms with Gasteiger partial charge in [0, 0.05) is 49.7 Å². The molecule has 1 saturated heterocycles. The number of nitrogens with zero attached hydrogens (tertiary/aromatic N) is 2. The number of nitrogens with one attached hydrogen (secondary N) is 2. The molecule has 1 aliphatic rings. The van der Waals surface area contributed by atoms with Gasteiger partial charge in [0.05, 0.1) is 29.5 Å². The molecule has 3 aromatic carbocycles. The van der Waals surface area contributed by atoms with Gasteiger partial charge in [-0.25, -0.2) is 0 Å². The van der Waals surface area contributed by atoms with E-state index in [1.165, 1.54) is 12.1 Å². The summed E-state index contributed by atoms with van der Waals surface area (Å²) in [6.07, 6.45) is -9.54. The molecule has 0 unspecified atom stereocenters. The number of hydrogen-bond acceptors (Lipinski definition) is 5. The van der Waals surface area contributed by atoms with Gasteiger partial charge in [-0.3, -0.25) is 9.59 Å². The van der Waals surface area contributed by atoms with E-state index in [9.17, 15) is 35.9 Å². The van der Waals surface area contributed by atoms with Crippen molar-refractivity contribution in [3.8, 4) is 5.75 Å². The number of anilines is 3. The third-order valence-electron chi connectivity index (χ3n) is 6.93. The van der Waals surface area contributed by atoms with Crippen LogP contribution < -0.4 is 25.2 Å². The van der Waals surface area contributed by atoms with E-state index in [1.807, 2.05) is 36.1 Å². The zero-order valence-electron chi connectivity index (χ0n) is 23.4. The number of carbonyl (C=O) groups excluding carboxylic acids is 2. The molecule has 0 aromatic heterocycles. The van der Waals surface area contributed by atoms with Crippen LogP contribution in [0, 0.1) is 0 Å². The number of methoxy groups -OCH3 is 1. The van der Waals surface area contributed by atoms with E-state index in [1.54, 1.807) is 13.2 Å². The zero-order chi connectivity index (χ0) is 31.4. The highest BCUT2D eigenvalue weighted by Gasteiger charge is 2.37. The maximum atomic E-state index is 13.3. The summed E-state index contributed by atoms with van der Waals surface area (Å²) in [4.78, 5) is 30.1. The second-order valence-electron chi connectivity index (χ2n) is 9.88. The quantitative estimate of drug-likeness (QED) is 0.288. The molecule has 1 fully saturated rings. The number of ether oxygens (including phenoxy) is 1. The average Bonchev–Trinajstić information content (AvgIpc) is 2.98. The summed E-state index contributed by atoms with van der Waals surface area (Å²) in [6, 6.07) is 12.7. The van der Waals surface area contributed by atoms with Crippen LogP contribution in [0.25, 0.3) is 0 Å². The lowest BCUT2D eigenvalue weighted by Gasteiger charge is -2.38. The fraction of sp³-hybridized carbons (Fsp3) is 0.333. The van der Waals surface area contributed by atoms with Crippen LogP contribution in [0.4, 0.5) is 43.4 Å². The predicted octanol–water partition coefficient (Wildman–Crippen LogP) is 6.45. The number of alkyl halides is 6. The Morgan fingerprint density at radius 3 is 1.93 bits per heavy atom. The highest BCUT2D eigenvalue weighted by molar-refractivity contribution is 6.06. The molecule has 1 heterocycles. The predicted molar refractivity (Wildman–Crippen MR) is 151 cm³/mol. The van der Waals surface area contributed by atoms with Crippen molar-refractivity contribution in [2.24, 2.45) is 0 Å². The van der Waals surface area contributed by atoms with Crippen molar-refractivity contribution in [2.45, 2.75) is 25.7 Å². The minimum Gasteiger partial charge on any atom is -0.495 e. The Morgan fingerprint density at radius 2 is 1.37 bits per heavy atom. The number of carbonyl (C=O) groups is 2. The van der Waals surface area contributed by atoms with Crippen LogP contribution in [-0.2, 0) is 12.4 Å². The number of amides is 2. The van der Waals surface area contributed by atoms with E-state index in [4.69, 9.17) is 4.74 Å². The van der Waals surface area contributed by atoms with E-state index < -0.39 is 40.9 Å². The monoisotopic (exact) mass is 608 g/mol. The van der Waals surface area contributed by atoms with E-state index in [-0.39, 0.29) is 17.3 Å². The van der Waals surface area contributed by atoms with Gasteiger partial charge in [-0.15, -0.1) is 0 Å². The average molecular weight is 609 g/mol. The van der Waals surface area contributed by atoms with Gasteiger partial charge in [-0.1, -0.05) is 19.1 Å². The minimum absolute atomic E-state index is 0.0361. The molecule has 0 spiro atoms. The van der Waals surface area contributed by atoms with Crippen molar-refractivity contribution in [2.75, 3.05) is 55.0 Å². The van der Waals surface area contributed by atoms with Crippen molar-refractivity contribution in [3.63, 3.8) is 0 Å². The number of rotatable bonds is 8. The molecule has 2 N–H and O–H groups in total. The summed E-state index contributed by atoms with van der Waals surface area (Å²) in [7, 11) is 1.60. The standard InChI is InChI=1S/C30H30F6N4O3/c1-3-10-37-28(42)23-18-22(38-27(41)19-15-20(29(31,32)33)17-21(16-19)30(34,35)36)8-9-24(23)39-11-13-40(14-12-39)25-6-4-5-7-26(25)43-2/h4-9,15-18H,3,10-14H2,1-2H3,(H,37,42)(H,38,41). The molecule has 0 atom stereocenters. The maximum Gasteiger partial charge on any atom is 0.416 e. The lowest BCUT2D eigenvalue weighted by atomic mass is 10.0. The number of hydrogen-bond donors (Lipinski definition) is 2. The zero-order valence-corrected chi connectivity index (χ0v) is 23.4. The van der Waals surface area contributed by atoms with Crippen molar-refractivity contribution >= 4 is 28.9 Å². The molecule has 0 radical (unpaired) electrons. The second-order valence-corrected chi connectivity index (χ2v) is 9.88. The van der Waals surface area contributed by atoms with Gasteiger partial charge >= 0.3 is 12.4 Å². The van der Waals surface area contributed by atoms with Crippen LogP contribution in [0.15, 0.2) is 60.7 Å². The molecule has 13 heteroatoms. The molecular weight excluding hydrogens is 578 g/mol. The Bertz CT molecular complexity index is 1430. The third kappa shape index (κ3) is 7.51. The van der Waals surface area contributed by atoms with Crippen molar-refractivity contribution in [1.82, 2.24) is 5.32 Å². The molecular formula is C30H30F6N4O3. The topological polar surface area (TPSA) is 73.9 Å². The van der Waals surface area contributed by atoms with Gasteiger partial charge in [-0.05, 0) is 55.0 Å². The molecule has 7 nitrogen and oxygen atoms in total. The Labute approximate surface area is 244 Å². The summed E-state index contributed by atoms with van der Waals surface area (Å²) < 4.78 is 85.2. The third-order valence-corrected chi connectivity index (χ3v) is 6.93. The molecule has 0 bridgehead atoms. The van der Waals surface area contributed by atoms with E-state index >= 15 is 0 Å². The van der Waals surface area contributed by atoms with Crippen LogP contribution in [0.3, 0.4) is 0 Å². The normalized spacial score (nSPS) is 14.0. The Kier molecular flexibility index (Phi) is 9.41. The largest absolute Gasteiger partial charge is 0.495 e. The maximum absolute atomic E-state index is 13.3. The number of para-hydroxylation sites is 2. The molecule has 4 rings (SSSR count). The van der Waals surface area contributed by atoms with Crippen LogP contribution in [-0.4, -0.2) is 51.6 Å². The van der Waals surface area contributed by atoms with E-state index in [0.717, 1.165) is 11.4 Å². The summed E-state index contributed by atoms with van der Waals surface area (Å²) in [5, 5.41) is 5.13. The minimum atomic E-state index is -5.10. The summed E-state index contributed by atoms with van der Waals surface area (Å²) in [5.74, 6) is -0.882. The van der Waals surface area contributed by atoms with Gasteiger partial charge in [0.2, 0.25) is 0 Å². The lowest BCUT2D eigenvalue weighted by molar-refractivity contribution is -0.143. The molecule has 3 aromatic rings. The summed E-state index contributed by atoms with van der Waals surface area (Å²) in [6.45, 7) is 4.57. The Hall–Kier alpha value is -4.42. The van der Waals surface area contributed by atoms with Crippen LogP contribution >= 0.6 is 0 Å². The molecule has 2 amide bonds. The SMILES string of the molecule is CCCNC(=O)c1cc(NC(=O)c2cc(C(F)(F)F)cc(C(F)(F)F)c2)ccc1N1CCN(c2ccccc2OC)CC1. The van der Waals surface area contributed by atoms with E-state index in [2.05, 4.69) is 15.5 Å². The molecule has 0 aliphatic carbocycles. The van der Waals surface area contributed by atoms with Crippen LogP contribution in [0.2, 0.25) is 0 Å². The first kappa shape index (κ1) is 31.5. The van der Waals surface area contributed by atoms with E-state index in [0.29, 0.717) is 57.0 Å². The molecule has 43 heavy (non-hydrogen) atoms. The molecule has 230 valence electrons. The van der Waals surface area contributed by atoms with Crippen LogP contribution in [0.1, 0.15) is 45.2 Å². The first-order valence-corrected chi connectivity index (χ1v) is 13.5. The fourth-order valence-electron chi connectivity index (χ4n) is 4.77. The highest BCUT2D eigenvalue weighted by atomic mass is 19.4. The van der Waals surface area contributed by atoms with Crippen molar-refractivity contribution in [1.29, 1.82) is 0 Å². The van der Waals surface area contributed by atoms with Gasteiger partial charge < -0.3 is 25.2 Å². The summed E-state index contributed by atoms with van der Waals surface area (Å²) in [5.41, 5.74) is -2.28. The highest BCUT2D eigenvalue weighted by Crippen LogP contribution is 2.37. The molecule has 0 saturated carbocycles. The number of piperazine rings is 1. The lowest BCUT2D eigenvalue weighted by Crippen LogP contribution is -2.47. The Balaban J connectivity index is 1.60. The van der Waals surface area contributed by atoms with Gasteiger partial charge in [-0.2, -0.15) is 26.3 Å². The smallest absolute Gasteiger partial charge is 0.416 e. The van der Waals surface area contributed by atoms with Gasteiger partial charge in [0.1, 0.15) is 5.75 Å². The van der Waals surface area contributed by atoms with Crippen LogP contribution in [0.5, 0.6) is 5.75 Å². The number of benzene rings is 3. The van der Waals surface area contributed by atoms with Gasteiger partial charge in [0.25, 0.3) is 11.8 Å². The Morgan fingerprint density at radius 1 is 0.791 bits per heavy atom. The fourth-order valence-corrected chi connectivity index (χ4v) is 4.77. The second kappa shape index (κ2) is 12.8. The van der Waals surface area contributed by atoms with Crippen molar-refractivity contribution in [3.05, 3.63) is 82.9 Å². The molecule has 1 aliphatic heterocycles. The number of halogens is 6. The summed E-state index contributed by atoms with van der Waals surface area (Å²) >= 11 is 0.